The lowest BCUT2D eigenvalue weighted by Gasteiger charge is -2.01. The van der Waals surface area contributed by atoms with E-state index in [-0.39, 0.29) is 11.4 Å². The molecule has 2 rings (SSSR count). The third-order valence-corrected chi connectivity index (χ3v) is 2.37. The molecule has 1 aromatic heterocycles. The second kappa shape index (κ2) is 3.42. The normalized spacial score (nSPS) is 10.7. The Morgan fingerprint density at radius 3 is 3.00 bits per heavy atom. The molecule has 3 nitrogen and oxygen atoms in total. The SMILES string of the molecule is Cc1cccc2c(=O)[nH]c(CCl)nc12. The van der Waals surface area contributed by atoms with E-state index in [1.807, 2.05) is 19.1 Å². The molecule has 1 heterocycles. The Hall–Kier alpha value is -1.35. The van der Waals surface area contributed by atoms with E-state index in [1.54, 1.807) is 6.07 Å². The van der Waals surface area contributed by atoms with Gasteiger partial charge in [-0.3, -0.25) is 4.79 Å². The lowest BCUT2D eigenvalue weighted by molar-refractivity contribution is 1.03. The molecule has 0 aliphatic rings. The van der Waals surface area contributed by atoms with Crippen molar-refractivity contribution < 1.29 is 0 Å². The zero-order valence-electron chi connectivity index (χ0n) is 7.67. The zero-order chi connectivity index (χ0) is 10.1. The smallest absolute Gasteiger partial charge is 0.258 e. The average molecular weight is 209 g/mol. The first-order valence-corrected chi connectivity index (χ1v) is 4.80. The van der Waals surface area contributed by atoms with E-state index in [9.17, 15) is 4.79 Å². The van der Waals surface area contributed by atoms with Gasteiger partial charge in [-0.15, -0.1) is 11.6 Å². The summed E-state index contributed by atoms with van der Waals surface area (Å²) in [4.78, 5) is 18.5. The van der Waals surface area contributed by atoms with Crippen LogP contribution in [-0.2, 0) is 5.88 Å². The Balaban J connectivity index is 2.91. The molecule has 0 amide bonds. The van der Waals surface area contributed by atoms with Gasteiger partial charge in [-0.2, -0.15) is 0 Å². The minimum atomic E-state index is -0.130. The van der Waals surface area contributed by atoms with Crippen molar-refractivity contribution >= 4 is 22.5 Å². The van der Waals surface area contributed by atoms with E-state index in [1.165, 1.54) is 0 Å². The molecule has 0 aliphatic heterocycles. The third-order valence-electron chi connectivity index (χ3n) is 2.11. The summed E-state index contributed by atoms with van der Waals surface area (Å²) in [7, 11) is 0. The number of H-pyrrole nitrogens is 1. The van der Waals surface area contributed by atoms with Crippen molar-refractivity contribution in [3.8, 4) is 0 Å². The first kappa shape index (κ1) is 9.21. The molecule has 4 heteroatoms. The Morgan fingerprint density at radius 1 is 1.50 bits per heavy atom. The highest BCUT2D eigenvalue weighted by molar-refractivity contribution is 6.16. The fourth-order valence-corrected chi connectivity index (χ4v) is 1.54. The number of fused-ring (bicyclic) bond motifs is 1. The van der Waals surface area contributed by atoms with E-state index >= 15 is 0 Å². The van der Waals surface area contributed by atoms with Gasteiger partial charge in [0.1, 0.15) is 5.82 Å². The highest BCUT2D eigenvalue weighted by atomic mass is 35.5. The fourth-order valence-electron chi connectivity index (χ4n) is 1.42. The Bertz CT molecular complexity index is 533. The van der Waals surface area contributed by atoms with Crippen molar-refractivity contribution in [3.63, 3.8) is 0 Å². The third kappa shape index (κ3) is 1.40. The van der Waals surface area contributed by atoms with Crippen LogP contribution >= 0.6 is 11.6 Å². The number of alkyl halides is 1. The van der Waals surface area contributed by atoms with E-state index in [0.717, 1.165) is 11.1 Å². The van der Waals surface area contributed by atoms with Gasteiger partial charge in [0.05, 0.1) is 16.8 Å². The quantitative estimate of drug-likeness (QED) is 0.729. The Kier molecular flexibility index (Phi) is 2.25. The van der Waals surface area contributed by atoms with Crippen molar-refractivity contribution in [1.29, 1.82) is 0 Å². The van der Waals surface area contributed by atoms with E-state index in [4.69, 9.17) is 11.6 Å². The second-order valence-electron chi connectivity index (χ2n) is 3.12. The van der Waals surface area contributed by atoms with Crippen molar-refractivity contribution in [1.82, 2.24) is 9.97 Å². The number of aryl methyl sites for hydroxylation is 1. The van der Waals surface area contributed by atoms with Crippen molar-refractivity contribution in [3.05, 3.63) is 39.9 Å². The van der Waals surface area contributed by atoms with Gasteiger partial charge >= 0.3 is 0 Å². The topological polar surface area (TPSA) is 45.8 Å². The number of nitrogens with one attached hydrogen (secondary N) is 1. The average Bonchev–Trinajstić information content (AvgIpc) is 2.19. The van der Waals surface area contributed by atoms with Gasteiger partial charge in [0.15, 0.2) is 0 Å². The predicted octanol–water partition coefficient (Wildman–Crippen LogP) is 1.97. The van der Waals surface area contributed by atoms with Crippen LogP contribution in [0.15, 0.2) is 23.0 Å². The molecule has 0 unspecified atom stereocenters. The summed E-state index contributed by atoms with van der Waals surface area (Å²) in [6.45, 7) is 1.92. The lowest BCUT2D eigenvalue weighted by Crippen LogP contribution is -2.11. The molecule has 0 aliphatic carbocycles. The van der Waals surface area contributed by atoms with Crippen LogP contribution in [-0.4, -0.2) is 9.97 Å². The maximum absolute atomic E-state index is 11.6. The van der Waals surface area contributed by atoms with Crippen molar-refractivity contribution in [2.45, 2.75) is 12.8 Å². The molecule has 0 saturated carbocycles. The molecule has 0 radical (unpaired) electrons. The summed E-state index contributed by atoms with van der Waals surface area (Å²) in [6.07, 6.45) is 0. The number of para-hydroxylation sites is 1. The first-order chi connectivity index (χ1) is 6.72. The summed E-state index contributed by atoms with van der Waals surface area (Å²) in [6, 6.07) is 5.52. The molecule has 72 valence electrons. The lowest BCUT2D eigenvalue weighted by atomic mass is 10.1. The van der Waals surface area contributed by atoms with Gasteiger partial charge in [-0.25, -0.2) is 4.98 Å². The number of rotatable bonds is 1. The van der Waals surface area contributed by atoms with Gasteiger partial charge < -0.3 is 4.98 Å². The van der Waals surface area contributed by atoms with Crippen molar-refractivity contribution in [2.75, 3.05) is 0 Å². The monoisotopic (exact) mass is 208 g/mol. The number of benzene rings is 1. The zero-order valence-corrected chi connectivity index (χ0v) is 8.43. The van der Waals surface area contributed by atoms with Gasteiger partial charge in [0.25, 0.3) is 5.56 Å². The van der Waals surface area contributed by atoms with Crippen LogP contribution in [0, 0.1) is 6.92 Å². The number of hydrogen-bond acceptors (Lipinski definition) is 2. The number of halogens is 1. The molecular formula is C10H9ClN2O. The van der Waals surface area contributed by atoms with Gasteiger partial charge in [-0.1, -0.05) is 12.1 Å². The van der Waals surface area contributed by atoms with Crippen LogP contribution < -0.4 is 5.56 Å². The Morgan fingerprint density at radius 2 is 2.29 bits per heavy atom. The van der Waals surface area contributed by atoms with Crippen LogP contribution in [0.5, 0.6) is 0 Å². The van der Waals surface area contributed by atoms with Crippen molar-refractivity contribution in [2.24, 2.45) is 0 Å². The minimum Gasteiger partial charge on any atom is -0.309 e. The molecule has 1 aromatic carbocycles. The van der Waals surface area contributed by atoms with E-state index < -0.39 is 0 Å². The number of aromatic nitrogens is 2. The Labute approximate surface area is 85.7 Å². The van der Waals surface area contributed by atoms with Crippen LogP contribution in [0.3, 0.4) is 0 Å². The van der Waals surface area contributed by atoms with E-state index in [2.05, 4.69) is 9.97 Å². The highest BCUT2D eigenvalue weighted by Gasteiger charge is 2.04. The van der Waals surface area contributed by atoms with Gasteiger partial charge in [-0.05, 0) is 18.6 Å². The largest absolute Gasteiger partial charge is 0.309 e. The summed E-state index contributed by atoms with van der Waals surface area (Å²) in [5.41, 5.74) is 1.58. The number of hydrogen-bond donors (Lipinski definition) is 1. The van der Waals surface area contributed by atoms with Gasteiger partial charge in [0, 0.05) is 0 Å². The molecule has 14 heavy (non-hydrogen) atoms. The standard InChI is InChI=1S/C10H9ClN2O/c1-6-3-2-4-7-9(6)12-8(5-11)13-10(7)14/h2-4H,5H2,1H3,(H,12,13,14). The van der Waals surface area contributed by atoms with Crippen LogP contribution in [0.25, 0.3) is 10.9 Å². The maximum Gasteiger partial charge on any atom is 0.258 e. The summed E-state index contributed by atoms with van der Waals surface area (Å²) < 4.78 is 0. The maximum atomic E-state index is 11.6. The molecule has 0 saturated heterocycles. The molecule has 0 atom stereocenters. The molecular weight excluding hydrogens is 200 g/mol. The van der Waals surface area contributed by atoms with E-state index in [0.29, 0.717) is 11.2 Å². The summed E-state index contributed by atoms with van der Waals surface area (Å²) >= 11 is 5.62. The second-order valence-corrected chi connectivity index (χ2v) is 3.38. The van der Waals surface area contributed by atoms with Crippen LogP contribution in [0.1, 0.15) is 11.4 Å². The number of nitrogens with zero attached hydrogens (tertiary/aromatic N) is 1. The fraction of sp³-hybridized carbons (Fsp3) is 0.200. The molecule has 2 aromatic rings. The number of aromatic amines is 1. The molecule has 0 fully saturated rings. The van der Waals surface area contributed by atoms with Crippen LogP contribution in [0.4, 0.5) is 0 Å². The first-order valence-electron chi connectivity index (χ1n) is 4.27. The predicted molar refractivity (Wildman–Crippen MR) is 56.7 cm³/mol. The van der Waals surface area contributed by atoms with Gasteiger partial charge in [0.2, 0.25) is 0 Å². The minimum absolute atomic E-state index is 0.130. The van der Waals surface area contributed by atoms with Crippen LogP contribution in [0.2, 0.25) is 0 Å². The summed E-state index contributed by atoms with van der Waals surface area (Å²) in [5.74, 6) is 0.734. The molecule has 0 spiro atoms. The summed E-state index contributed by atoms with van der Waals surface area (Å²) in [5, 5.41) is 0.610. The molecule has 0 bridgehead atoms. The molecule has 1 N–H and O–H groups in total. The highest BCUT2D eigenvalue weighted by Crippen LogP contribution is 2.12.